The van der Waals surface area contributed by atoms with E-state index in [1.807, 2.05) is 60.7 Å². The van der Waals surface area contributed by atoms with E-state index in [1.165, 1.54) is 28.4 Å². The molecule has 18 heteroatoms. The van der Waals surface area contributed by atoms with Gasteiger partial charge in [-0.05, 0) is 18.6 Å². The summed E-state index contributed by atoms with van der Waals surface area (Å²) in [5.41, 5.74) is 7.24. The van der Waals surface area contributed by atoms with Crippen molar-refractivity contribution in [2.45, 2.75) is 19.9 Å². The van der Waals surface area contributed by atoms with Crippen LogP contribution < -0.4 is 18.9 Å². The fourth-order valence-electron chi connectivity index (χ4n) is 5.99. The number of halogens is 4. The zero-order valence-electron chi connectivity index (χ0n) is 31.0. The molecule has 290 valence electrons. The summed E-state index contributed by atoms with van der Waals surface area (Å²) in [7, 11) is 5.98. The normalized spacial score (nSPS) is 11.0. The Labute approximate surface area is 346 Å². The van der Waals surface area contributed by atoms with E-state index in [1.54, 1.807) is 16.9 Å². The maximum Gasteiger partial charge on any atom is 0.278 e. The molecule has 0 aliphatic rings. The first-order chi connectivity index (χ1) is 27.7. The Hall–Kier alpha value is -5.80. The molecular formula is C39H32Cl4N10O4. The summed E-state index contributed by atoms with van der Waals surface area (Å²) in [5, 5.41) is 21.9. The zero-order chi connectivity index (χ0) is 40.2. The molecule has 0 fully saturated rings. The molecule has 4 aromatic heterocycles. The smallest absolute Gasteiger partial charge is 0.278 e. The van der Waals surface area contributed by atoms with Gasteiger partial charge in [-0.1, -0.05) is 114 Å². The highest BCUT2D eigenvalue weighted by atomic mass is 35.5. The molecule has 0 bridgehead atoms. The minimum absolute atomic E-state index is 0.231. The van der Waals surface area contributed by atoms with Gasteiger partial charge in [0.1, 0.15) is 33.8 Å². The molecule has 0 aliphatic carbocycles. The summed E-state index contributed by atoms with van der Waals surface area (Å²) in [5.74, 6) is 0.978. The molecule has 57 heavy (non-hydrogen) atoms. The third-order valence-corrected chi connectivity index (χ3v) is 10.1. The van der Waals surface area contributed by atoms with E-state index in [0.717, 1.165) is 17.5 Å². The highest BCUT2D eigenvalue weighted by Crippen LogP contribution is 2.44. The van der Waals surface area contributed by atoms with Crippen LogP contribution in [0.3, 0.4) is 0 Å². The second-order valence-electron chi connectivity index (χ2n) is 12.1. The standard InChI is InChI=1S/C21H19Cl2N5O2.C18H13Cl2N5O2/c1-4-10-28-26-17(12-8-6-5-7-9-12)19(27-28)15-16(23)13(22)11-14-18(15)25-21(30-3)20(24-14)29-2;1-26-17-18(27-2)22-15-11(21-17)8-10(19)13(20)12(15)16-14(23-25-24-16)9-6-4-3-5-7-9/h5-9,11H,4,10H2,1-3H3;3-8H,1-2H3,(H,23,24,25). The highest BCUT2D eigenvalue weighted by molar-refractivity contribution is 6.45. The number of hydrogen-bond donors (Lipinski definition) is 1. The third kappa shape index (κ3) is 7.68. The van der Waals surface area contributed by atoms with Crippen LogP contribution in [0.5, 0.6) is 23.5 Å². The van der Waals surface area contributed by atoms with E-state index >= 15 is 0 Å². The predicted octanol–water partition coefficient (Wildman–Crippen LogP) is 9.70. The van der Waals surface area contributed by atoms with E-state index in [0.29, 0.717) is 82.6 Å². The van der Waals surface area contributed by atoms with Gasteiger partial charge in [-0.15, -0.1) is 0 Å². The molecule has 1 N–H and O–H groups in total. The number of aryl methyl sites for hydroxylation is 1. The highest BCUT2D eigenvalue weighted by Gasteiger charge is 2.26. The summed E-state index contributed by atoms with van der Waals surface area (Å²) < 4.78 is 21.1. The van der Waals surface area contributed by atoms with Crippen LogP contribution >= 0.6 is 46.4 Å². The first-order valence-electron chi connectivity index (χ1n) is 17.2. The Balaban J connectivity index is 0.000000175. The van der Waals surface area contributed by atoms with Crippen molar-refractivity contribution < 1.29 is 18.9 Å². The Morgan fingerprint density at radius 3 is 1.44 bits per heavy atom. The quantitative estimate of drug-likeness (QED) is 0.139. The fourth-order valence-corrected chi connectivity index (χ4v) is 6.85. The molecule has 0 saturated heterocycles. The molecule has 0 amide bonds. The van der Waals surface area contributed by atoms with Crippen molar-refractivity contribution in [3.63, 3.8) is 0 Å². The number of aromatic nitrogens is 10. The molecule has 4 aromatic carbocycles. The van der Waals surface area contributed by atoms with Crippen LogP contribution in [0.1, 0.15) is 13.3 Å². The number of benzene rings is 4. The Morgan fingerprint density at radius 1 is 0.544 bits per heavy atom. The van der Waals surface area contributed by atoms with Crippen molar-refractivity contribution >= 4 is 68.5 Å². The van der Waals surface area contributed by atoms with Gasteiger partial charge in [-0.2, -0.15) is 30.4 Å². The van der Waals surface area contributed by atoms with Crippen molar-refractivity contribution in [1.82, 2.24) is 50.3 Å². The van der Waals surface area contributed by atoms with Crippen LogP contribution in [0, 0.1) is 0 Å². The van der Waals surface area contributed by atoms with Crippen molar-refractivity contribution in [2.24, 2.45) is 0 Å². The van der Waals surface area contributed by atoms with E-state index in [2.05, 4.69) is 42.3 Å². The maximum absolute atomic E-state index is 6.67. The van der Waals surface area contributed by atoms with Gasteiger partial charge < -0.3 is 18.9 Å². The van der Waals surface area contributed by atoms with Crippen molar-refractivity contribution in [3.8, 4) is 68.5 Å². The Morgan fingerprint density at radius 2 is 0.965 bits per heavy atom. The minimum Gasteiger partial charge on any atom is -0.477 e. The second-order valence-corrected chi connectivity index (χ2v) is 13.6. The van der Waals surface area contributed by atoms with E-state index in [-0.39, 0.29) is 23.5 Å². The van der Waals surface area contributed by atoms with Gasteiger partial charge in [0.2, 0.25) is 0 Å². The van der Waals surface area contributed by atoms with Crippen LogP contribution in [0.2, 0.25) is 20.1 Å². The van der Waals surface area contributed by atoms with E-state index < -0.39 is 0 Å². The van der Waals surface area contributed by atoms with Gasteiger partial charge in [-0.3, -0.25) is 0 Å². The van der Waals surface area contributed by atoms with E-state index in [4.69, 9.17) is 75.5 Å². The SMILES string of the molecule is CCCn1nc(-c2ccccc2)c(-c2c(Cl)c(Cl)cc3nc(OC)c(OC)nc23)n1.COc1nc2cc(Cl)c(Cl)c(-c3n[nH]nc3-c3ccccc3)c2nc1OC. The van der Waals surface area contributed by atoms with Crippen molar-refractivity contribution in [1.29, 1.82) is 0 Å². The first kappa shape index (κ1) is 39.4. The summed E-state index contributed by atoms with van der Waals surface area (Å²) in [6.45, 7) is 2.73. The number of ether oxygens (including phenoxy) is 4. The summed E-state index contributed by atoms with van der Waals surface area (Å²) >= 11 is 26.0. The van der Waals surface area contributed by atoms with Gasteiger partial charge in [0.15, 0.2) is 0 Å². The lowest BCUT2D eigenvalue weighted by molar-refractivity contribution is 0.334. The molecule has 0 spiro atoms. The van der Waals surface area contributed by atoms with Crippen molar-refractivity contribution in [3.05, 3.63) is 92.9 Å². The average Bonchev–Trinajstić information content (AvgIpc) is 3.90. The van der Waals surface area contributed by atoms with Crippen molar-refractivity contribution in [2.75, 3.05) is 28.4 Å². The largest absolute Gasteiger partial charge is 0.477 e. The zero-order valence-corrected chi connectivity index (χ0v) is 34.0. The van der Waals surface area contributed by atoms with Gasteiger partial charge >= 0.3 is 0 Å². The van der Waals surface area contributed by atoms with Gasteiger partial charge in [0, 0.05) is 11.1 Å². The summed E-state index contributed by atoms with van der Waals surface area (Å²) in [6.07, 6.45) is 0.886. The number of nitrogens with one attached hydrogen (secondary N) is 1. The van der Waals surface area contributed by atoms with Crippen LogP contribution in [0.4, 0.5) is 0 Å². The molecule has 0 saturated carbocycles. The molecule has 14 nitrogen and oxygen atoms in total. The summed E-state index contributed by atoms with van der Waals surface area (Å²) in [4.78, 5) is 19.7. The molecule has 0 atom stereocenters. The van der Waals surface area contributed by atoms with Crippen LogP contribution in [0.15, 0.2) is 72.8 Å². The average molecular weight is 847 g/mol. The van der Waals surface area contributed by atoms with Crippen LogP contribution in [-0.4, -0.2) is 78.8 Å². The number of aromatic amines is 1. The van der Waals surface area contributed by atoms with Gasteiger partial charge in [-0.25, -0.2) is 19.9 Å². The maximum atomic E-state index is 6.67. The van der Waals surface area contributed by atoms with E-state index in [9.17, 15) is 0 Å². The molecule has 0 aliphatic heterocycles. The van der Waals surface area contributed by atoms with Crippen LogP contribution in [0.25, 0.3) is 67.1 Å². The number of nitrogens with zero attached hydrogens (tertiary/aromatic N) is 9. The lowest BCUT2D eigenvalue weighted by Crippen LogP contribution is -2.01. The van der Waals surface area contributed by atoms with Crippen LogP contribution in [-0.2, 0) is 6.54 Å². The topological polar surface area (TPSA) is 161 Å². The van der Waals surface area contributed by atoms with Gasteiger partial charge in [0.05, 0.1) is 77.2 Å². The predicted molar refractivity (Wildman–Crippen MR) is 221 cm³/mol. The van der Waals surface area contributed by atoms with Gasteiger partial charge in [0.25, 0.3) is 23.5 Å². The minimum atomic E-state index is 0.231. The number of methoxy groups -OCH3 is 4. The fraction of sp³-hybridized carbons (Fsp3) is 0.179. The first-order valence-corrected chi connectivity index (χ1v) is 18.7. The monoisotopic (exact) mass is 844 g/mol. The number of rotatable bonds is 10. The number of H-pyrrole nitrogens is 1. The third-order valence-electron chi connectivity index (χ3n) is 8.55. The molecule has 0 radical (unpaired) electrons. The molecular weight excluding hydrogens is 814 g/mol. The molecule has 8 aromatic rings. The lowest BCUT2D eigenvalue weighted by atomic mass is 10.0. The molecule has 8 rings (SSSR count). The number of fused-ring (bicyclic) bond motifs is 2. The summed E-state index contributed by atoms with van der Waals surface area (Å²) in [6, 6.07) is 22.7. The second kappa shape index (κ2) is 17.1. The Bertz CT molecular complexity index is 2720. The number of hydrogen-bond acceptors (Lipinski definition) is 12. The Kier molecular flexibility index (Phi) is 11.9. The lowest BCUT2D eigenvalue weighted by Gasteiger charge is -2.12. The molecule has 4 heterocycles. The molecule has 0 unspecified atom stereocenters.